The zero-order chi connectivity index (χ0) is 15.0. The van der Waals surface area contributed by atoms with Crippen LogP contribution in [0.15, 0.2) is 12.4 Å². The Bertz CT molecular complexity index is 361. The number of nitrogens with zero attached hydrogens (tertiary/aromatic N) is 3. The van der Waals surface area contributed by atoms with Crippen LogP contribution in [0.25, 0.3) is 0 Å². The van der Waals surface area contributed by atoms with Crippen LogP contribution in [0, 0.1) is 5.92 Å². The first-order valence-corrected chi connectivity index (χ1v) is 7.60. The summed E-state index contributed by atoms with van der Waals surface area (Å²) in [4.78, 5) is 2.40. The monoisotopic (exact) mass is 282 g/mol. The molecule has 0 radical (unpaired) electrons. The summed E-state index contributed by atoms with van der Waals surface area (Å²) in [5, 5.41) is 7.91. The van der Waals surface area contributed by atoms with Crippen LogP contribution in [-0.4, -0.2) is 54.1 Å². The van der Waals surface area contributed by atoms with Gasteiger partial charge >= 0.3 is 0 Å². The van der Waals surface area contributed by atoms with Crippen molar-refractivity contribution >= 4 is 5.69 Å². The summed E-state index contributed by atoms with van der Waals surface area (Å²) in [5.74, 6) is 0.522. The van der Waals surface area contributed by atoms with E-state index in [4.69, 9.17) is 4.74 Å². The molecular weight excluding hydrogens is 252 g/mol. The molecule has 1 aromatic heterocycles. The SMILES string of the molecule is CCN(CC)CCn1cc(NC(COC)C(C)C)cn1. The van der Waals surface area contributed by atoms with Crippen molar-refractivity contribution in [3.63, 3.8) is 0 Å². The largest absolute Gasteiger partial charge is 0.383 e. The van der Waals surface area contributed by atoms with Gasteiger partial charge in [0.1, 0.15) is 0 Å². The van der Waals surface area contributed by atoms with Gasteiger partial charge in [-0.3, -0.25) is 4.68 Å². The van der Waals surface area contributed by atoms with Crippen molar-refractivity contribution in [3.05, 3.63) is 12.4 Å². The van der Waals surface area contributed by atoms with Crippen LogP contribution in [0.1, 0.15) is 27.7 Å². The Morgan fingerprint density at radius 2 is 2.05 bits per heavy atom. The van der Waals surface area contributed by atoms with Crippen molar-refractivity contribution in [2.75, 3.05) is 38.7 Å². The first-order chi connectivity index (χ1) is 9.60. The van der Waals surface area contributed by atoms with Crippen molar-refractivity contribution in [3.8, 4) is 0 Å². The van der Waals surface area contributed by atoms with E-state index in [0.717, 1.165) is 31.9 Å². The minimum atomic E-state index is 0.320. The van der Waals surface area contributed by atoms with Gasteiger partial charge in [0.15, 0.2) is 0 Å². The zero-order valence-corrected chi connectivity index (χ0v) is 13.6. The van der Waals surface area contributed by atoms with Gasteiger partial charge in [-0.2, -0.15) is 5.10 Å². The fourth-order valence-corrected chi connectivity index (χ4v) is 2.14. The number of hydrogen-bond donors (Lipinski definition) is 1. The minimum Gasteiger partial charge on any atom is -0.383 e. The van der Waals surface area contributed by atoms with Crippen LogP contribution >= 0.6 is 0 Å². The molecule has 1 heterocycles. The number of methoxy groups -OCH3 is 1. The number of anilines is 1. The molecule has 0 fully saturated rings. The predicted octanol–water partition coefficient (Wildman–Crippen LogP) is 2.31. The maximum Gasteiger partial charge on any atom is 0.0729 e. The maximum atomic E-state index is 5.26. The second kappa shape index (κ2) is 8.97. The normalized spacial score (nSPS) is 13.2. The minimum absolute atomic E-state index is 0.320. The third-order valence-electron chi connectivity index (χ3n) is 3.68. The average molecular weight is 282 g/mol. The van der Waals surface area contributed by atoms with Gasteiger partial charge in [0, 0.05) is 19.9 Å². The number of rotatable bonds is 10. The molecule has 0 spiro atoms. The highest BCUT2D eigenvalue weighted by Gasteiger charge is 2.13. The van der Waals surface area contributed by atoms with Crippen LogP contribution in [0.4, 0.5) is 5.69 Å². The van der Waals surface area contributed by atoms with Crippen molar-refractivity contribution in [1.82, 2.24) is 14.7 Å². The van der Waals surface area contributed by atoms with E-state index in [-0.39, 0.29) is 0 Å². The maximum absolute atomic E-state index is 5.26. The third kappa shape index (κ3) is 5.51. The number of ether oxygens (including phenoxy) is 1. The summed E-state index contributed by atoms with van der Waals surface area (Å²) < 4.78 is 7.26. The van der Waals surface area contributed by atoms with E-state index in [1.54, 1.807) is 7.11 Å². The highest BCUT2D eigenvalue weighted by molar-refractivity contribution is 5.39. The molecule has 1 rings (SSSR count). The Hall–Kier alpha value is -1.07. The Morgan fingerprint density at radius 1 is 1.35 bits per heavy atom. The molecule has 5 heteroatoms. The molecule has 1 N–H and O–H groups in total. The van der Waals surface area contributed by atoms with E-state index in [2.05, 4.69) is 49.2 Å². The summed E-state index contributed by atoms with van der Waals surface area (Å²) in [6, 6.07) is 0.320. The van der Waals surface area contributed by atoms with Crippen LogP contribution in [0.3, 0.4) is 0 Å². The van der Waals surface area contributed by atoms with Gasteiger partial charge in [0.2, 0.25) is 0 Å². The second-order valence-electron chi connectivity index (χ2n) is 5.47. The van der Waals surface area contributed by atoms with E-state index in [1.165, 1.54) is 0 Å². The molecule has 116 valence electrons. The Balaban J connectivity index is 2.49. The molecular formula is C15H30N4O. The molecule has 0 aliphatic carbocycles. The summed E-state index contributed by atoms with van der Waals surface area (Å²) in [7, 11) is 1.74. The predicted molar refractivity (Wildman–Crippen MR) is 84.1 cm³/mol. The van der Waals surface area contributed by atoms with Gasteiger partial charge in [0.25, 0.3) is 0 Å². The number of likely N-dealkylation sites (N-methyl/N-ethyl adjacent to an activating group) is 1. The number of nitrogens with one attached hydrogen (secondary N) is 1. The van der Waals surface area contributed by atoms with E-state index < -0.39 is 0 Å². The fraction of sp³-hybridized carbons (Fsp3) is 0.800. The molecule has 0 saturated heterocycles. The summed E-state index contributed by atoms with van der Waals surface area (Å²) >= 11 is 0. The van der Waals surface area contributed by atoms with Crippen molar-refractivity contribution < 1.29 is 4.74 Å². The molecule has 20 heavy (non-hydrogen) atoms. The quantitative estimate of drug-likeness (QED) is 0.715. The zero-order valence-electron chi connectivity index (χ0n) is 13.6. The first kappa shape index (κ1) is 17.0. The topological polar surface area (TPSA) is 42.3 Å². The van der Waals surface area contributed by atoms with Gasteiger partial charge in [-0.05, 0) is 19.0 Å². The smallest absolute Gasteiger partial charge is 0.0729 e. The van der Waals surface area contributed by atoms with Gasteiger partial charge in [-0.25, -0.2) is 0 Å². The second-order valence-corrected chi connectivity index (χ2v) is 5.47. The van der Waals surface area contributed by atoms with E-state index in [0.29, 0.717) is 18.6 Å². The molecule has 0 bridgehead atoms. The fourth-order valence-electron chi connectivity index (χ4n) is 2.14. The van der Waals surface area contributed by atoms with Crippen molar-refractivity contribution in [1.29, 1.82) is 0 Å². The van der Waals surface area contributed by atoms with Gasteiger partial charge < -0.3 is 15.0 Å². The lowest BCUT2D eigenvalue weighted by molar-refractivity contribution is 0.171. The van der Waals surface area contributed by atoms with Crippen LogP contribution in [0.2, 0.25) is 0 Å². The van der Waals surface area contributed by atoms with E-state index in [1.807, 2.05) is 10.9 Å². The van der Waals surface area contributed by atoms with Gasteiger partial charge in [-0.1, -0.05) is 27.7 Å². The van der Waals surface area contributed by atoms with Gasteiger partial charge in [0.05, 0.1) is 31.1 Å². The lowest BCUT2D eigenvalue weighted by atomic mass is 10.1. The van der Waals surface area contributed by atoms with Crippen molar-refractivity contribution in [2.24, 2.45) is 5.92 Å². The Morgan fingerprint density at radius 3 is 2.60 bits per heavy atom. The molecule has 0 amide bonds. The van der Waals surface area contributed by atoms with E-state index in [9.17, 15) is 0 Å². The number of hydrogen-bond acceptors (Lipinski definition) is 4. The lowest BCUT2D eigenvalue weighted by Gasteiger charge is -2.21. The number of aromatic nitrogens is 2. The summed E-state index contributed by atoms with van der Waals surface area (Å²) in [5.41, 5.74) is 1.07. The summed E-state index contributed by atoms with van der Waals surface area (Å²) in [6.45, 7) is 13.6. The molecule has 1 unspecified atom stereocenters. The highest BCUT2D eigenvalue weighted by atomic mass is 16.5. The molecule has 0 aliphatic heterocycles. The Kier molecular flexibility index (Phi) is 7.62. The standard InChI is InChI=1S/C15H30N4O/c1-6-18(7-2)8-9-19-11-14(10-16-19)17-15(12-20-5)13(3)4/h10-11,13,15,17H,6-9,12H2,1-5H3. The average Bonchev–Trinajstić information content (AvgIpc) is 2.87. The third-order valence-corrected chi connectivity index (χ3v) is 3.68. The highest BCUT2D eigenvalue weighted by Crippen LogP contribution is 2.12. The Labute approximate surface area is 123 Å². The molecule has 1 aromatic rings. The molecule has 1 atom stereocenters. The van der Waals surface area contributed by atoms with Crippen molar-refractivity contribution in [2.45, 2.75) is 40.3 Å². The molecule has 5 nitrogen and oxygen atoms in total. The lowest BCUT2D eigenvalue weighted by Crippen LogP contribution is -2.30. The summed E-state index contributed by atoms with van der Waals surface area (Å²) in [6.07, 6.45) is 3.97. The van der Waals surface area contributed by atoms with Crippen LogP contribution in [0.5, 0.6) is 0 Å². The molecule has 0 saturated carbocycles. The van der Waals surface area contributed by atoms with Crippen LogP contribution in [-0.2, 0) is 11.3 Å². The molecule has 0 aliphatic rings. The van der Waals surface area contributed by atoms with E-state index >= 15 is 0 Å². The van der Waals surface area contributed by atoms with Crippen LogP contribution < -0.4 is 5.32 Å². The van der Waals surface area contributed by atoms with Gasteiger partial charge in [-0.15, -0.1) is 0 Å². The molecule has 0 aromatic carbocycles. The first-order valence-electron chi connectivity index (χ1n) is 7.60.